The van der Waals surface area contributed by atoms with Crippen molar-refractivity contribution in [2.75, 3.05) is 39.6 Å². The molecule has 81 heavy (non-hydrogen) atoms. The zero-order valence-electron chi connectivity index (χ0n) is 50.2. The Morgan fingerprint density at radius 3 is 1.02 bits per heavy atom. The lowest BCUT2D eigenvalue weighted by Crippen LogP contribution is -2.30. The van der Waals surface area contributed by atoms with Gasteiger partial charge in [0.25, 0.3) is 0 Å². The van der Waals surface area contributed by atoms with Gasteiger partial charge < -0.3 is 34.2 Å². The summed E-state index contributed by atoms with van der Waals surface area (Å²) in [5.41, 5.74) is 0. The first kappa shape index (κ1) is 77.7. The predicted molar refractivity (Wildman–Crippen MR) is 325 cm³/mol. The molecule has 0 aliphatic rings. The molecule has 0 aromatic rings. The van der Waals surface area contributed by atoms with Crippen molar-refractivity contribution in [3.8, 4) is 0 Å². The smallest absolute Gasteiger partial charge is 0.463 e. The van der Waals surface area contributed by atoms with Crippen molar-refractivity contribution in [3.63, 3.8) is 0 Å². The average molecular weight is 1190 g/mol. The normalized spacial score (nSPS) is 15.0. The van der Waals surface area contributed by atoms with Crippen LogP contribution in [-0.2, 0) is 55.8 Å². The lowest BCUT2D eigenvalue weighted by molar-refractivity contribution is -0.161. The number of hydrogen-bond acceptors (Lipinski definition) is 14. The molecule has 0 fully saturated rings. The molecule has 4 N–H and O–H groups in total. The maximum atomic E-state index is 12.8. The van der Waals surface area contributed by atoms with Gasteiger partial charge in [-0.25, -0.2) is 9.13 Å². The largest absolute Gasteiger partial charge is 0.472 e. The number of aliphatic hydroxyl groups excluding tert-OH is 2. The Kier molecular flexibility index (Phi) is 54.9. The molecule has 0 aliphatic carbocycles. The fourth-order valence-electron chi connectivity index (χ4n) is 7.77. The van der Waals surface area contributed by atoms with Crippen molar-refractivity contribution in [2.24, 2.45) is 0 Å². The number of esters is 3. The van der Waals surface area contributed by atoms with E-state index < -0.39 is 91.5 Å². The molecular weight excluding hydrogens is 1070 g/mol. The van der Waals surface area contributed by atoms with E-state index in [0.29, 0.717) is 19.3 Å². The number of unbranched alkanes of at least 4 members (excludes halogenated alkanes) is 21. The molecule has 0 saturated carbocycles. The number of carbonyl (C=O) groups excluding carboxylic acids is 3. The second kappa shape index (κ2) is 57.2. The molecule has 5 unspecified atom stereocenters. The Morgan fingerprint density at radius 2 is 0.642 bits per heavy atom. The van der Waals surface area contributed by atoms with Gasteiger partial charge in [0.2, 0.25) is 0 Å². The van der Waals surface area contributed by atoms with Crippen molar-refractivity contribution >= 4 is 33.6 Å². The van der Waals surface area contributed by atoms with E-state index in [1.165, 1.54) is 25.7 Å². The number of aliphatic hydroxyl groups is 2. The first-order chi connectivity index (χ1) is 39.2. The van der Waals surface area contributed by atoms with Crippen LogP contribution < -0.4 is 0 Å². The Morgan fingerprint density at radius 1 is 0.346 bits per heavy atom. The van der Waals surface area contributed by atoms with Crippen LogP contribution in [-0.4, -0.2) is 95.9 Å². The van der Waals surface area contributed by atoms with Gasteiger partial charge in [0, 0.05) is 19.3 Å². The van der Waals surface area contributed by atoms with Crippen LogP contribution in [0.1, 0.15) is 239 Å². The van der Waals surface area contributed by atoms with Gasteiger partial charge in [-0.1, -0.05) is 196 Å². The summed E-state index contributed by atoms with van der Waals surface area (Å²) in [5.74, 6) is -1.62. The minimum absolute atomic E-state index is 0.0845. The third-order valence-electron chi connectivity index (χ3n) is 12.5. The molecule has 0 aliphatic heterocycles. The Bertz CT molecular complexity index is 1830. The molecule has 0 amide bonds. The predicted octanol–water partition coefficient (Wildman–Crippen LogP) is 16.2. The van der Waals surface area contributed by atoms with E-state index in [9.17, 15) is 43.5 Å². The first-order valence-corrected chi connectivity index (χ1v) is 33.9. The van der Waals surface area contributed by atoms with Gasteiger partial charge in [-0.15, -0.1) is 0 Å². The van der Waals surface area contributed by atoms with E-state index in [1.807, 2.05) is 0 Å². The maximum Gasteiger partial charge on any atom is 0.472 e. The van der Waals surface area contributed by atoms with E-state index in [-0.39, 0.29) is 19.3 Å². The summed E-state index contributed by atoms with van der Waals surface area (Å²) in [6, 6.07) is 0. The summed E-state index contributed by atoms with van der Waals surface area (Å²) < 4.78 is 60.6. The zero-order chi connectivity index (χ0) is 59.6. The molecule has 0 bridgehead atoms. The summed E-state index contributed by atoms with van der Waals surface area (Å²) in [4.78, 5) is 58.1. The maximum absolute atomic E-state index is 12.8. The molecule has 0 radical (unpaired) electrons. The minimum Gasteiger partial charge on any atom is -0.463 e. The van der Waals surface area contributed by atoms with Crippen molar-refractivity contribution in [3.05, 3.63) is 85.1 Å². The van der Waals surface area contributed by atoms with Crippen molar-refractivity contribution in [1.82, 2.24) is 0 Å². The summed E-state index contributed by atoms with van der Waals surface area (Å²) in [7, 11) is -9.77. The SMILES string of the molecule is CCC/C=C\C/C=C\CCCCCCCC(=O)OCC(COP(=O)(O)OCC(O)COP(=O)(O)OCC(O)COC(=O)CCCCCCCC/C=C\C/C=C\C/C=C\CCCCC)OC(=O)CCCCCCC/C=C\C/C=C\CCC. The fourth-order valence-corrected chi connectivity index (χ4v) is 9.35. The molecule has 18 heteroatoms. The third kappa shape index (κ3) is 58.3. The highest BCUT2D eigenvalue weighted by atomic mass is 31.2. The molecule has 0 aromatic heterocycles. The van der Waals surface area contributed by atoms with Crippen LogP contribution in [0, 0.1) is 0 Å². The van der Waals surface area contributed by atoms with Gasteiger partial charge in [-0.3, -0.25) is 32.5 Å². The lowest BCUT2D eigenvalue weighted by Gasteiger charge is -2.21. The lowest BCUT2D eigenvalue weighted by atomic mass is 10.1. The van der Waals surface area contributed by atoms with E-state index >= 15 is 0 Å². The van der Waals surface area contributed by atoms with Gasteiger partial charge in [0.1, 0.15) is 25.4 Å². The van der Waals surface area contributed by atoms with Crippen LogP contribution in [0.4, 0.5) is 0 Å². The number of phosphoric ester groups is 2. The molecule has 468 valence electrons. The standard InChI is InChI=1S/C63H110O16P2/c1-4-7-10-13-16-19-22-25-26-27-28-29-30-33-35-37-40-43-46-49-61(66)73-52-58(64)53-75-80(69,70)76-54-59(65)55-77-81(71,72)78-57-60(79-63(68)51-48-45-42-39-36-32-24-21-18-15-12-9-6-3)56-74-62(67)50-47-44-41-38-34-31-23-20-17-14-11-8-5-2/h11-12,14-16,19-21,23-26,28-29,58-60,64-65H,4-10,13,17-18,22,27,30-57H2,1-3H3,(H,69,70)(H,71,72)/b14-11-,15-12-,19-16-,23-20-,24-21-,26-25-,29-28-. The Balaban J connectivity index is 4.65. The van der Waals surface area contributed by atoms with Gasteiger partial charge in [0.15, 0.2) is 6.10 Å². The molecule has 5 atom stereocenters. The monoisotopic (exact) mass is 1180 g/mol. The molecule has 0 spiro atoms. The number of phosphoric acid groups is 2. The van der Waals surface area contributed by atoms with Crippen LogP contribution in [0.25, 0.3) is 0 Å². The molecule has 0 heterocycles. The van der Waals surface area contributed by atoms with Gasteiger partial charge >= 0.3 is 33.6 Å². The average Bonchev–Trinajstić information content (AvgIpc) is 3.44. The molecule has 16 nitrogen and oxygen atoms in total. The van der Waals surface area contributed by atoms with Gasteiger partial charge in [-0.05, 0) is 109 Å². The third-order valence-corrected chi connectivity index (χ3v) is 14.4. The first-order valence-electron chi connectivity index (χ1n) is 30.9. The highest BCUT2D eigenvalue weighted by Crippen LogP contribution is 2.45. The molecule has 0 saturated heterocycles. The molecular formula is C63H110O16P2. The minimum atomic E-state index is -4.92. The number of hydrogen-bond donors (Lipinski definition) is 4. The highest BCUT2D eigenvalue weighted by Gasteiger charge is 2.29. The van der Waals surface area contributed by atoms with Crippen LogP contribution in [0.15, 0.2) is 85.1 Å². The second-order valence-electron chi connectivity index (χ2n) is 20.5. The summed E-state index contributed by atoms with van der Waals surface area (Å²) >= 11 is 0. The number of rotatable bonds is 58. The van der Waals surface area contributed by atoms with E-state index in [1.54, 1.807) is 0 Å². The van der Waals surface area contributed by atoms with Crippen LogP contribution >= 0.6 is 15.6 Å². The fraction of sp³-hybridized carbons (Fsp3) is 0.730. The van der Waals surface area contributed by atoms with E-state index in [0.717, 1.165) is 154 Å². The van der Waals surface area contributed by atoms with Crippen molar-refractivity contribution in [1.29, 1.82) is 0 Å². The second-order valence-corrected chi connectivity index (χ2v) is 23.4. The van der Waals surface area contributed by atoms with E-state index in [2.05, 4.69) is 106 Å². The Labute approximate surface area is 489 Å². The highest BCUT2D eigenvalue weighted by molar-refractivity contribution is 7.47. The van der Waals surface area contributed by atoms with Crippen molar-refractivity contribution in [2.45, 2.75) is 257 Å². The number of carbonyl (C=O) groups is 3. The van der Waals surface area contributed by atoms with Crippen LogP contribution in [0.3, 0.4) is 0 Å². The van der Waals surface area contributed by atoms with Crippen LogP contribution in [0.2, 0.25) is 0 Å². The number of ether oxygens (including phenoxy) is 3. The number of allylic oxidation sites excluding steroid dienone is 14. The summed E-state index contributed by atoms with van der Waals surface area (Å²) in [5, 5.41) is 20.5. The van der Waals surface area contributed by atoms with Crippen molar-refractivity contribution < 1.29 is 75.8 Å². The zero-order valence-corrected chi connectivity index (χ0v) is 52.0. The summed E-state index contributed by atoms with van der Waals surface area (Å²) in [6.45, 7) is 2.43. The van der Waals surface area contributed by atoms with Gasteiger partial charge in [0.05, 0.1) is 26.4 Å². The quantitative estimate of drug-likeness (QED) is 0.0146. The Hall–Kier alpha value is -3.27. The summed E-state index contributed by atoms with van der Waals surface area (Å²) in [6.07, 6.45) is 57.9. The molecule has 0 aromatic carbocycles. The topological polar surface area (TPSA) is 231 Å². The van der Waals surface area contributed by atoms with E-state index in [4.69, 9.17) is 32.3 Å². The molecule has 0 rings (SSSR count). The van der Waals surface area contributed by atoms with Gasteiger partial charge in [-0.2, -0.15) is 0 Å². The van der Waals surface area contributed by atoms with Crippen LogP contribution in [0.5, 0.6) is 0 Å².